The Kier molecular flexibility index (Phi) is 4.61. The molecule has 3 rings (SSSR count). The van der Waals surface area contributed by atoms with Gasteiger partial charge in [0.05, 0.1) is 12.8 Å². The number of amides is 1. The number of hydrogen-bond acceptors (Lipinski definition) is 3. The second kappa shape index (κ2) is 7.00. The highest BCUT2D eigenvalue weighted by atomic mass is 16.2. The Morgan fingerprint density at radius 2 is 2.00 bits per heavy atom. The molecule has 0 fully saturated rings. The van der Waals surface area contributed by atoms with Crippen molar-refractivity contribution in [3.63, 3.8) is 0 Å². The van der Waals surface area contributed by atoms with Gasteiger partial charge in [0.25, 0.3) is 5.91 Å². The minimum Gasteiger partial charge on any atom is -0.376 e. The number of rotatable bonds is 5. The van der Waals surface area contributed by atoms with E-state index in [1.165, 1.54) is 11.1 Å². The summed E-state index contributed by atoms with van der Waals surface area (Å²) in [5.41, 5.74) is 7.86. The van der Waals surface area contributed by atoms with Crippen molar-refractivity contribution in [2.45, 2.75) is 13.8 Å². The monoisotopic (exact) mass is 320 g/mol. The van der Waals surface area contributed by atoms with Gasteiger partial charge < -0.3 is 10.3 Å². The van der Waals surface area contributed by atoms with Gasteiger partial charge in [-0.2, -0.15) is 5.10 Å². The summed E-state index contributed by atoms with van der Waals surface area (Å²) in [7, 11) is 0. The molecule has 0 radical (unpaired) electrons. The van der Waals surface area contributed by atoms with E-state index < -0.39 is 0 Å². The van der Waals surface area contributed by atoms with E-state index in [1.54, 1.807) is 6.21 Å². The number of aryl methyl sites for hydroxylation is 2. The standard InChI is InChI=1S/C19H20N4O/c1-13-7-8-16(9-14(13)2)20-12-19(24)23-22-11-15-10-21-18-6-4-3-5-17(15)18/h3-11,20-21H,12H2,1-2H3,(H,23,24). The van der Waals surface area contributed by atoms with Gasteiger partial charge in [-0.1, -0.05) is 24.3 Å². The summed E-state index contributed by atoms with van der Waals surface area (Å²) in [6, 6.07) is 14.0. The SMILES string of the molecule is Cc1ccc(NCC(=O)NN=Cc2c[nH]c3ccccc23)cc1C. The second-order valence-corrected chi connectivity index (χ2v) is 5.74. The zero-order chi connectivity index (χ0) is 16.9. The minimum absolute atomic E-state index is 0.174. The van der Waals surface area contributed by atoms with Crippen molar-refractivity contribution in [2.75, 3.05) is 11.9 Å². The minimum atomic E-state index is -0.190. The van der Waals surface area contributed by atoms with Gasteiger partial charge in [-0.15, -0.1) is 0 Å². The second-order valence-electron chi connectivity index (χ2n) is 5.74. The summed E-state index contributed by atoms with van der Waals surface area (Å²) in [5.74, 6) is -0.190. The van der Waals surface area contributed by atoms with Crippen molar-refractivity contribution in [1.82, 2.24) is 10.4 Å². The molecule has 0 saturated carbocycles. The van der Waals surface area contributed by atoms with Crippen molar-refractivity contribution in [2.24, 2.45) is 5.10 Å². The Morgan fingerprint density at radius 1 is 1.17 bits per heavy atom. The molecule has 3 aromatic rings. The van der Waals surface area contributed by atoms with Crippen LogP contribution in [0.15, 0.2) is 53.8 Å². The highest BCUT2D eigenvalue weighted by Gasteiger charge is 2.02. The first-order valence-corrected chi connectivity index (χ1v) is 7.82. The molecule has 5 heteroatoms. The van der Waals surface area contributed by atoms with Crippen LogP contribution in [0.5, 0.6) is 0 Å². The van der Waals surface area contributed by atoms with Crippen molar-refractivity contribution >= 4 is 28.7 Å². The molecular weight excluding hydrogens is 300 g/mol. The molecule has 2 aromatic carbocycles. The molecule has 0 unspecified atom stereocenters. The fourth-order valence-electron chi connectivity index (χ4n) is 2.45. The zero-order valence-electron chi connectivity index (χ0n) is 13.8. The predicted octanol–water partition coefficient (Wildman–Crippen LogP) is 3.35. The number of para-hydroxylation sites is 1. The maximum atomic E-state index is 11.9. The molecule has 0 spiro atoms. The number of H-pyrrole nitrogens is 1. The topological polar surface area (TPSA) is 69.3 Å². The number of hydrogen-bond donors (Lipinski definition) is 3. The van der Waals surface area contributed by atoms with E-state index in [1.807, 2.05) is 55.6 Å². The summed E-state index contributed by atoms with van der Waals surface area (Å²) in [6.07, 6.45) is 3.51. The quantitative estimate of drug-likeness (QED) is 0.498. The highest BCUT2D eigenvalue weighted by molar-refractivity contribution is 5.99. The molecular formula is C19H20N4O. The lowest BCUT2D eigenvalue weighted by atomic mass is 10.1. The molecule has 24 heavy (non-hydrogen) atoms. The predicted molar refractivity (Wildman–Crippen MR) is 98.4 cm³/mol. The van der Waals surface area contributed by atoms with Crippen LogP contribution < -0.4 is 10.7 Å². The van der Waals surface area contributed by atoms with Crippen LogP contribution in [-0.2, 0) is 4.79 Å². The van der Waals surface area contributed by atoms with Gasteiger partial charge >= 0.3 is 0 Å². The zero-order valence-corrected chi connectivity index (χ0v) is 13.8. The number of aromatic amines is 1. The Bertz CT molecular complexity index is 895. The van der Waals surface area contributed by atoms with Crippen LogP contribution in [0, 0.1) is 13.8 Å². The molecule has 0 aliphatic rings. The fourth-order valence-corrected chi connectivity index (χ4v) is 2.45. The van der Waals surface area contributed by atoms with Crippen LogP contribution >= 0.6 is 0 Å². The van der Waals surface area contributed by atoms with Gasteiger partial charge in [0, 0.05) is 28.4 Å². The van der Waals surface area contributed by atoms with E-state index in [2.05, 4.69) is 27.8 Å². The van der Waals surface area contributed by atoms with Crippen LogP contribution in [0.1, 0.15) is 16.7 Å². The number of anilines is 1. The maximum absolute atomic E-state index is 11.9. The summed E-state index contributed by atoms with van der Waals surface area (Å²) in [4.78, 5) is 15.0. The van der Waals surface area contributed by atoms with Gasteiger partial charge in [0.2, 0.25) is 0 Å². The third-order valence-corrected chi connectivity index (χ3v) is 3.97. The molecule has 0 aliphatic heterocycles. The first kappa shape index (κ1) is 15.8. The fraction of sp³-hybridized carbons (Fsp3) is 0.158. The Balaban J connectivity index is 1.54. The van der Waals surface area contributed by atoms with Gasteiger partial charge in [-0.05, 0) is 43.2 Å². The summed E-state index contributed by atoms with van der Waals surface area (Å²) < 4.78 is 0. The lowest BCUT2D eigenvalue weighted by molar-refractivity contribution is -0.119. The number of carbonyl (C=O) groups excluding carboxylic acids is 1. The van der Waals surface area contributed by atoms with E-state index in [0.717, 1.165) is 22.2 Å². The Hall–Kier alpha value is -3.08. The van der Waals surface area contributed by atoms with Gasteiger partial charge in [0.1, 0.15) is 0 Å². The molecule has 0 aliphatic carbocycles. The van der Waals surface area contributed by atoms with E-state index in [0.29, 0.717) is 0 Å². The molecule has 0 saturated heterocycles. The number of fused-ring (bicyclic) bond motifs is 1. The van der Waals surface area contributed by atoms with Gasteiger partial charge in [0.15, 0.2) is 0 Å². The van der Waals surface area contributed by atoms with Crippen LogP contribution in [0.4, 0.5) is 5.69 Å². The number of nitrogens with zero attached hydrogens (tertiary/aromatic N) is 1. The average Bonchev–Trinajstić information content (AvgIpc) is 2.99. The molecule has 1 heterocycles. The van der Waals surface area contributed by atoms with Crippen LogP contribution in [0.2, 0.25) is 0 Å². The summed E-state index contributed by atoms with van der Waals surface area (Å²) in [6.45, 7) is 4.28. The first-order valence-electron chi connectivity index (χ1n) is 7.82. The van der Waals surface area contributed by atoms with E-state index in [-0.39, 0.29) is 12.5 Å². The van der Waals surface area contributed by atoms with E-state index in [9.17, 15) is 4.79 Å². The lowest BCUT2D eigenvalue weighted by Gasteiger charge is -2.07. The van der Waals surface area contributed by atoms with Crippen LogP contribution in [0.3, 0.4) is 0 Å². The van der Waals surface area contributed by atoms with Crippen molar-refractivity contribution in [3.05, 3.63) is 65.4 Å². The number of hydrazone groups is 1. The van der Waals surface area contributed by atoms with Crippen molar-refractivity contribution in [1.29, 1.82) is 0 Å². The van der Waals surface area contributed by atoms with Crippen molar-refractivity contribution in [3.8, 4) is 0 Å². The Morgan fingerprint density at radius 3 is 2.83 bits per heavy atom. The number of aromatic nitrogens is 1. The normalized spacial score (nSPS) is 11.1. The van der Waals surface area contributed by atoms with E-state index in [4.69, 9.17) is 0 Å². The number of nitrogens with one attached hydrogen (secondary N) is 3. The number of benzene rings is 2. The molecule has 0 bridgehead atoms. The molecule has 5 nitrogen and oxygen atoms in total. The molecule has 122 valence electrons. The maximum Gasteiger partial charge on any atom is 0.259 e. The Labute approximate surface area is 140 Å². The smallest absolute Gasteiger partial charge is 0.259 e. The third kappa shape index (κ3) is 3.63. The van der Waals surface area contributed by atoms with Gasteiger partial charge in [-0.25, -0.2) is 5.43 Å². The molecule has 1 amide bonds. The lowest BCUT2D eigenvalue weighted by Crippen LogP contribution is -2.25. The van der Waals surface area contributed by atoms with E-state index >= 15 is 0 Å². The summed E-state index contributed by atoms with van der Waals surface area (Å²) >= 11 is 0. The van der Waals surface area contributed by atoms with Crippen LogP contribution in [-0.4, -0.2) is 23.7 Å². The first-order chi connectivity index (χ1) is 11.6. The van der Waals surface area contributed by atoms with Gasteiger partial charge in [-0.3, -0.25) is 4.79 Å². The highest BCUT2D eigenvalue weighted by Crippen LogP contribution is 2.15. The summed E-state index contributed by atoms with van der Waals surface area (Å²) in [5, 5.41) is 8.19. The number of carbonyl (C=O) groups is 1. The largest absolute Gasteiger partial charge is 0.376 e. The molecule has 0 atom stereocenters. The molecule has 3 N–H and O–H groups in total. The van der Waals surface area contributed by atoms with Crippen molar-refractivity contribution < 1.29 is 4.79 Å². The van der Waals surface area contributed by atoms with Crippen LogP contribution in [0.25, 0.3) is 10.9 Å². The molecule has 1 aromatic heterocycles. The third-order valence-electron chi connectivity index (χ3n) is 3.97. The average molecular weight is 320 g/mol.